The van der Waals surface area contributed by atoms with Crippen molar-refractivity contribution in [3.05, 3.63) is 59.7 Å². The largest absolute Gasteiger partial charge is 0.485 e. The molecule has 1 aromatic carbocycles. The normalized spacial score (nSPS) is 11.4. The lowest BCUT2D eigenvalue weighted by atomic mass is 10.2. The van der Waals surface area contributed by atoms with Gasteiger partial charge in [-0.25, -0.2) is 13.2 Å². The molecule has 0 saturated heterocycles. The lowest BCUT2D eigenvalue weighted by Gasteiger charge is -2.09. The number of rotatable bonds is 7. The maximum absolute atomic E-state index is 13.7. The molecular weight excluding hydrogens is 359 g/mol. The van der Waals surface area contributed by atoms with Gasteiger partial charge in [0.2, 0.25) is 0 Å². The van der Waals surface area contributed by atoms with Gasteiger partial charge in [-0.2, -0.15) is 0 Å². The minimum atomic E-state index is -2.67. The second-order valence-electron chi connectivity index (χ2n) is 5.77. The molecule has 2 rings (SSSR count). The van der Waals surface area contributed by atoms with Gasteiger partial charge in [0.1, 0.15) is 6.61 Å². The molecule has 1 unspecified atom stereocenters. The van der Waals surface area contributed by atoms with Gasteiger partial charge in [-0.05, 0) is 43.2 Å². The minimum Gasteiger partial charge on any atom is -0.485 e. The van der Waals surface area contributed by atoms with Crippen molar-refractivity contribution < 1.29 is 22.7 Å². The number of carbonyl (C=O) groups excluding carboxylic acids is 1. The van der Waals surface area contributed by atoms with Crippen LogP contribution >= 0.6 is 0 Å². The number of hydrogen-bond donors (Lipinski definition) is 2. The van der Waals surface area contributed by atoms with Crippen LogP contribution in [0, 0.1) is 5.82 Å². The Morgan fingerprint density at radius 3 is 2.41 bits per heavy atom. The highest BCUT2D eigenvalue weighted by Gasteiger charge is 2.10. The van der Waals surface area contributed by atoms with Crippen LogP contribution < -0.4 is 15.8 Å². The Morgan fingerprint density at radius 1 is 1.26 bits per heavy atom. The standard InChI is InChI=1S/C15H13F3N2O2.C4H11N/c16-12-7-10(1-2-13(12)22-9-14(17)18)8-20-15(21)11-3-5-19-6-4-11;1-3-4(2)5/h1-7,14H,8-9H2,(H,20,21);4H,3,5H2,1-2H3. The van der Waals surface area contributed by atoms with Gasteiger partial charge < -0.3 is 15.8 Å². The molecule has 0 bridgehead atoms. The summed E-state index contributed by atoms with van der Waals surface area (Å²) in [5.74, 6) is -1.32. The first-order valence-electron chi connectivity index (χ1n) is 8.46. The van der Waals surface area contributed by atoms with Crippen LogP contribution in [0.25, 0.3) is 0 Å². The Labute approximate surface area is 156 Å². The van der Waals surface area contributed by atoms with Crippen molar-refractivity contribution in [3.63, 3.8) is 0 Å². The predicted octanol–water partition coefficient (Wildman–Crippen LogP) is 3.54. The molecule has 0 aliphatic heterocycles. The maximum atomic E-state index is 13.7. The zero-order valence-electron chi connectivity index (χ0n) is 15.3. The van der Waals surface area contributed by atoms with E-state index in [2.05, 4.69) is 22.0 Å². The summed E-state index contributed by atoms with van der Waals surface area (Å²) in [6, 6.07) is 7.37. The number of pyridine rings is 1. The molecule has 0 aliphatic carbocycles. The molecule has 1 heterocycles. The summed E-state index contributed by atoms with van der Waals surface area (Å²) in [6.07, 6.45) is 1.40. The monoisotopic (exact) mass is 383 g/mol. The van der Waals surface area contributed by atoms with Gasteiger partial charge in [-0.1, -0.05) is 13.0 Å². The van der Waals surface area contributed by atoms with Crippen LogP contribution in [0.4, 0.5) is 13.2 Å². The van der Waals surface area contributed by atoms with Crippen LogP contribution in [0.1, 0.15) is 36.2 Å². The number of alkyl halides is 2. The topological polar surface area (TPSA) is 77.2 Å². The van der Waals surface area contributed by atoms with E-state index in [9.17, 15) is 18.0 Å². The Hall–Kier alpha value is -2.61. The van der Waals surface area contributed by atoms with Crippen molar-refractivity contribution in [2.45, 2.75) is 39.3 Å². The maximum Gasteiger partial charge on any atom is 0.272 e. The van der Waals surface area contributed by atoms with Crippen LogP contribution in [0.2, 0.25) is 0 Å². The number of nitrogens with one attached hydrogen (secondary N) is 1. The molecule has 1 amide bonds. The van der Waals surface area contributed by atoms with Crippen molar-refractivity contribution in [1.82, 2.24) is 10.3 Å². The molecule has 5 nitrogen and oxygen atoms in total. The summed E-state index contributed by atoms with van der Waals surface area (Å²) in [5.41, 5.74) is 6.22. The second kappa shape index (κ2) is 11.9. The fourth-order valence-electron chi connectivity index (χ4n) is 1.71. The summed E-state index contributed by atoms with van der Waals surface area (Å²) in [7, 11) is 0. The van der Waals surface area contributed by atoms with Crippen LogP contribution in [-0.4, -0.2) is 30.0 Å². The first-order chi connectivity index (χ1) is 12.8. The lowest BCUT2D eigenvalue weighted by Crippen LogP contribution is -2.22. The van der Waals surface area contributed by atoms with Crippen molar-refractivity contribution in [2.24, 2.45) is 5.73 Å². The average Bonchev–Trinajstić information content (AvgIpc) is 2.66. The zero-order valence-corrected chi connectivity index (χ0v) is 15.3. The fraction of sp³-hybridized carbons (Fsp3) is 0.368. The number of hydrogen-bond acceptors (Lipinski definition) is 4. The number of carbonyl (C=O) groups is 1. The summed E-state index contributed by atoms with van der Waals surface area (Å²) in [5, 5.41) is 2.62. The summed E-state index contributed by atoms with van der Waals surface area (Å²) >= 11 is 0. The van der Waals surface area contributed by atoms with Gasteiger partial charge in [-0.15, -0.1) is 0 Å². The van der Waals surface area contributed by atoms with Crippen LogP contribution in [0.3, 0.4) is 0 Å². The SMILES string of the molecule is CCC(C)N.O=C(NCc1ccc(OCC(F)F)c(F)c1)c1ccncc1. The highest BCUT2D eigenvalue weighted by atomic mass is 19.3. The van der Waals surface area contributed by atoms with E-state index in [-0.39, 0.29) is 18.2 Å². The van der Waals surface area contributed by atoms with E-state index in [0.717, 1.165) is 12.5 Å². The number of aromatic nitrogens is 1. The smallest absolute Gasteiger partial charge is 0.272 e. The second-order valence-corrected chi connectivity index (χ2v) is 5.77. The number of nitrogens with two attached hydrogens (primary N) is 1. The third kappa shape index (κ3) is 9.05. The molecule has 0 aliphatic rings. The number of nitrogens with zero attached hydrogens (tertiary/aromatic N) is 1. The molecule has 0 fully saturated rings. The van der Waals surface area contributed by atoms with E-state index >= 15 is 0 Å². The first kappa shape index (κ1) is 22.4. The average molecular weight is 383 g/mol. The molecule has 8 heteroatoms. The number of benzene rings is 1. The Kier molecular flexibility index (Phi) is 9.89. The molecule has 2 aromatic rings. The van der Waals surface area contributed by atoms with Crippen LogP contribution in [-0.2, 0) is 6.54 Å². The van der Waals surface area contributed by atoms with Gasteiger partial charge >= 0.3 is 0 Å². The van der Waals surface area contributed by atoms with E-state index in [1.165, 1.54) is 24.5 Å². The highest BCUT2D eigenvalue weighted by Crippen LogP contribution is 2.19. The van der Waals surface area contributed by atoms with Gasteiger partial charge in [0.15, 0.2) is 11.6 Å². The molecule has 148 valence electrons. The number of ether oxygens (including phenoxy) is 1. The van der Waals surface area contributed by atoms with Crippen molar-refractivity contribution in [2.75, 3.05) is 6.61 Å². The van der Waals surface area contributed by atoms with Crippen molar-refractivity contribution in [3.8, 4) is 5.75 Å². The van der Waals surface area contributed by atoms with E-state index in [1.807, 2.05) is 6.92 Å². The fourth-order valence-corrected chi connectivity index (χ4v) is 1.71. The Bertz CT molecular complexity index is 698. The van der Waals surface area contributed by atoms with E-state index in [1.54, 1.807) is 12.1 Å². The molecule has 1 atom stereocenters. The molecular formula is C19H24F3N3O2. The predicted molar refractivity (Wildman–Crippen MR) is 97.2 cm³/mol. The Balaban J connectivity index is 0.000000646. The number of amides is 1. The molecule has 0 saturated carbocycles. The third-order valence-corrected chi connectivity index (χ3v) is 3.40. The van der Waals surface area contributed by atoms with Crippen molar-refractivity contribution in [1.29, 1.82) is 0 Å². The summed E-state index contributed by atoms with van der Waals surface area (Å²) < 4.78 is 42.3. The van der Waals surface area contributed by atoms with Gasteiger partial charge in [0.05, 0.1) is 0 Å². The molecule has 1 aromatic heterocycles. The number of halogens is 3. The van der Waals surface area contributed by atoms with Gasteiger partial charge in [0.25, 0.3) is 12.3 Å². The lowest BCUT2D eigenvalue weighted by molar-refractivity contribution is 0.0798. The molecule has 27 heavy (non-hydrogen) atoms. The van der Waals surface area contributed by atoms with E-state index in [4.69, 9.17) is 5.73 Å². The van der Waals surface area contributed by atoms with Gasteiger partial charge in [0, 0.05) is 30.5 Å². The van der Waals surface area contributed by atoms with Crippen molar-refractivity contribution >= 4 is 5.91 Å². The zero-order chi connectivity index (χ0) is 20.2. The van der Waals surface area contributed by atoms with Crippen LogP contribution in [0.5, 0.6) is 5.75 Å². The van der Waals surface area contributed by atoms with Crippen LogP contribution in [0.15, 0.2) is 42.7 Å². The Morgan fingerprint density at radius 2 is 1.89 bits per heavy atom. The minimum absolute atomic E-state index is 0.104. The van der Waals surface area contributed by atoms with Gasteiger partial charge in [-0.3, -0.25) is 9.78 Å². The molecule has 3 N–H and O–H groups in total. The van der Waals surface area contributed by atoms with E-state index in [0.29, 0.717) is 17.2 Å². The van der Waals surface area contributed by atoms with E-state index < -0.39 is 18.8 Å². The highest BCUT2D eigenvalue weighted by molar-refractivity contribution is 5.93. The molecule has 0 spiro atoms. The summed E-state index contributed by atoms with van der Waals surface area (Å²) in [6.45, 7) is 3.31. The first-order valence-corrected chi connectivity index (χ1v) is 8.46. The quantitative estimate of drug-likeness (QED) is 0.767. The summed E-state index contributed by atoms with van der Waals surface area (Å²) in [4.78, 5) is 15.6. The molecule has 0 radical (unpaired) electrons. The third-order valence-electron chi connectivity index (χ3n) is 3.40.